The van der Waals surface area contributed by atoms with Crippen LogP contribution in [-0.4, -0.2) is 17.3 Å². The highest BCUT2D eigenvalue weighted by Crippen LogP contribution is 2.18. The zero-order valence-corrected chi connectivity index (χ0v) is 10.8. The number of hydrogen-bond acceptors (Lipinski definition) is 2. The first-order chi connectivity index (χ1) is 8.25. The summed E-state index contributed by atoms with van der Waals surface area (Å²) in [6, 6.07) is 8.10. The smallest absolute Gasteiger partial charge is 0.0693 e. The third-order valence-electron chi connectivity index (χ3n) is 3.44. The van der Waals surface area contributed by atoms with Gasteiger partial charge >= 0.3 is 0 Å². The number of halogens is 1. The van der Waals surface area contributed by atoms with E-state index < -0.39 is 0 Å². The van der Waals surface area contributed by atoms with Crippen molar-refractivity contribution in [3.05, 3.63) is 34.9 Å². The lowest BCUT2D eigenvalue weighted by molar-refractivity contribution is 0.119. The van der Waals surface area contributed by atoms with Crippen molar-refractivity contribution in [3.63, 3.8) is 0 Å². The van der Waals surface area contributed by atoms with Gasteiger partial charge in [0.2, 0.25) is 0 Å². The molecule has 2 N–H and O–H groups in total. The first-order valence-corrected chi connectivity index (χ1v) is 6.79. The molecule has 0 radical (unpaired) electrons. The normalized spacial score (nSPS) is 25.5. The minimum absolute atomic E-state index is 0.198. The molecular formula is C14H20ClNO. The topological polar surface area (TPSA) is 32.3 Å². The highest BCUT2D eigenvalue weighted by molar-refractivity contribution is 6.30. The van der Waals surface area contributed by atoms with E-state index in [9.17, 15) is 5.11 Å². The van der Waals surface area contributed by atoms with Crippen LogP contribution in [0.3, 0.4) is 0 Å². The van der Waals surface area contributed by atoms with Crippen LogP contribution in [0.25, 0.3) is 0 Å². The highest BCUT2D eigenvalue weighted by Gasteiger charge is 2.20. The number of nitrogens with one attached hydrogen (secondary N) is 1. The van der Waals surface area contributed by atoms with Gasteiger partial charge in [-0.05, 0) is 30.5 Å². The van der Waals surface area contributed by atoms with Crippen LogP contribution < -0.4 is 5.32 Å². The third kappa shape index (κ3) is 3.98. The van der Waals surface area contributed by atoms with Gasteiger partial charge in [-0.2, -0.15) is 0 Å². The van der Waals surface area contributed by atoms with Crippen LogP contribution in [0.2, 0.25) is 5.02 Å². The number of benzene rings is 1. The fourth-order valence-corrected chi connectivity index (χ4v) is 2.63. The molecule has 1 saturated carbocycles. The van der Waals surface area contributed by atoms with E-state index >= 15 is 0 Å². The van der Waals surface area contributed by atoms with E-state index in [1.54, 1.807) is 0 Å². The zero-order valence-electron chi connectivity index (χ0n) is 10.0. The Morgan fingerprint density at radius 2 is 2.06 bits per heavy atom. The maximum Gasteiger partial charge on any atom is 0.0693 e. The second-order valence-electron chi connectivity index (χ2n) is 4.82. The summed E-state index contributed by atoms with van der Waals surface area (Å²) in [5.41, 5.74) is 1.17. The van der Waals surface area contributed by atoms with Crippen LogP contribution in [0.1, 0.15) is 37.7 Å². The Hall–Kier alpha value is -0.570. The van der Waals surface area contributed by atoms with Gasteiger partial charge in [-0.25, -0.2) is 0 Å². The van der Waals surface area contributed by atoms with Crippen molar-refractivity contribution in [2.45, 2.75) is 50.8 Å². The third-order valence-corrected chi connectivity index (χ3v) is 3.67. The van der Waals surface area contributed by atoms with E-state index in [2.05, 4.69) is 11.4 Å². The number of hydrogen-bond donors (Lipinski definition) is 2. The van der Waals surface area contributed by atoms with E-state index in [4.69, 9.17) is 11.6 Å². The quantitative estimate of drug-likeness (QED) is 0.812. The van der Waals surface area contributed by atoms with Gasteiger partial charge in [0, 0.05) is 17.6 Å². The average Bonchev–Trinajstić information content (AvgIpc) is 2.52. The van der Waals surface area contributed by atoms with Gasteiger partial charge in [0.25, 0.3) is 0 Å². The zero-order chi connectivity index (χ0) is 12.1. The lowest BCUT2D eigenvalue weighted by Crippen LogP contribution is -2.38. The summed E-state index contributed by atoms with van der Waals surface area (Å²) in [5, 5.41) is 14.2. The van der Waals surface area contributed by atoms with Gasteiger partial charge < -0.3 is 10.4 Å². The Labute approximate surface area is 108 Å². The molecule has 1 aromatic rings. The van der Waals surface area contributed by atoms with Crippen LogP contribution >= 0.6 is 11.6 Å². The number of rotatable bonds is 3. The Bertz CT molecular complexity index is 356. The van der Waals surface area contributed by atoms with Crippen LogP contribution in [-0.2, 0) is 6.54 Å². The summed E-state index contributed by atoms with van der Waals surface area (Å²) in [6.45, 7) is 0.780. The van der Waals surface area contributed by atoms with Crippen LogP contribution in [0.15, 0.2) is 24.3 Å². The van der Waals surface area contributed by atoms with Gasteiger partial charge in [0.15, 0.2) is 0 Å². The second-order valence-corrected chi connectivity index (χ2v) is 5.26. The molecule has 2 atom stereocenters. The van der Waals surface area contributed by atoms with Gasteiger partial charge in [-0.15, -0.1) is 0 Å². The molecule has 94 valence electrons. The van der Waals surface area contributed by atoms with E-state index in [0.717, 1.165) is 30.8 Å². The monoisotopic (exact) mass is 253 g/mol. The van der Waals surface area contributed by atoms with E-state index in [-0.39, 0.29) is 12.1 Å². The first kappa shape index (κ1) is 12.9. The maximum atomic E-state index is 9.99. The van der Waals surface area contributed by atoms with Crippen molar-refractivity contribution in [2.24, 2.45) is 0 Å². The molecule has 0 spiro atoms. The highest BCUT2D eigenvalue weighted by atomic mass is 35.5. The molecule has 1 aliphatic carbocycles. The summed E-state index contributed by atoms with van der Waals surface area (Å²) in [4.78, 5) is 0. The summed E-state index contributed by atoms with van der Waals surface area (Å²) >= 11 is 5.94. The molecule has 0 heterocycles. The molecule has 2 rings (SSSR count). The number of aliphatic hydroxyl groups excluding tert-OH is 1. The molecule has 2 unspecified atom stereocenters. The summed E-state index contributed by atoms with van der Waals surface area (Å²) in [7, 11) is 0. The predicted octanol–water partition coefficient (Wildman–Crippen LogP) is 3.12. The second kappa shape index (κ2) is 6.39. The van der Waals surface area contributed by atoms with Crippen LogP contribution in [0.4, 0.5) is 0 Å². The first-order valence-electron chi connectivity index (χ1n) is 6.41. The van der Waals surface area contributed by atoms with Crippen molar-refractivity contribution in [1.82, 2.24) is 5.32 Å². The average molecular weight is 254 g/mol. The Kier molecular flexibility index (Phi) is 4.84. The standard InChI is InChI=1S/C14H20ClNO/c15-12-6-4-5-11(9-12)10-16-13-7-2-1-3-8-14(13)17/h4-6,9,13-14,16-17H,1-3,7-8,10H2. The SMILES string of the molecule is OC1CCCCCC1NCc1cccc(Cl)c1. The molecule has 0 amide bonds. The van der Waals surface area contributed by atoms with Gasteiger partial charge in [-0.3, -0.25) is 0 Å². The minimum atomic E-state index is -0.198. The van der Waals surface area contributed by atoms with Crippen molar-refractivity contribution in [2.75, 3.05) is 0 Å². The van der Waals surface area contributed by atoms with Crippen LogP contribution in [0.5, 0.6) is 0 Å². The molecule has 1 fully saturated rings. The summed E-state index contributed by atoms with van der Waals surface area (Å²) in [6.07, 6.45) is 5.40. The molecule has 0 saturated heterocycles. The van der Waals surface area contributed by atoms with E-state index in [0.29, 0.717) is 0 Å². The lowest BCUT2D eigenvalue weighted by Gasteiger charge is -2.21. The fourth-order valence-electron chi connectivity index (χ4n) is 2.42. The maximum absolute atomic E-state index is 9.99. The molecule has 3 heteroatoms. The lowest BCUT2D eigenvalue weighted by atomic mass is 10.1. The Balaban J connectivity index is 1.88. The van der Waals surface area contributed by atoms with Crippen molar-refractivity contribution >= 4 is 11.6 Å². The Morgan fingerprint density at radius 3 is 2.88 bits per heavy atom. The van der Waals surface area contributed by atoms with Gasteiger partial charge in [0.05, 0.1) is 6.10 Å². The molecule has 0 bridgehead atoms. The van der Waals surface area contributed by atoms with E-state index in [1.807, 2.05) is 18.2 Å². The molecular weight excluding hydrogens is 234 g/mol. The van der Waals surface area contributed by atoms with E-state index in [1.165, 1.54) is 18.4 Å². The molecule has 1 aromatic carbocycles. The molecule has 0 aliphatic heterocycles. The summed E-state index contributed by atoms with van der Waals surface area (Å²) in [5.74, 6) is 0. The largest absolute Gasteiger partial charge is 0.392 e. The van der Waals surface area contributed by atoms with Crippen molar-refractivity contribution in [1.29, 1.82) is 0 Å². The van der Waals surface area contributed by atoms with Gasteiger partial charge in [-0.1, -0.05) is 43.0 Å². The fraction of sp³-hybridized carbons (Fsp3) is 0.571. The summed E-state index contributed by atoms with van der Waals surface area (Å²) < 4.78 is 0. The molecule has 17 heavy (non-hydrogen) atoms. The van der Waals surface area contributed by atoms with Crippen LogP contribution in [0, 0.1) is 0 Å². The Morgan fingerprint density at radius 1 is 1.24 bits per heavy atom. The number of aliphatic hydroxyl groups is 1. The molecule has 0 aromatic heterocycles. The predicted molar refractivity (Wildman–Crippen MR) is 71.2 cm³/mol. The van der Waals surface area contributed by atoms with Crippen molar-refractivity contribution in [3.8, 4) is 0 Å². The van der Waals surface area contributed by atoms with Crippen molar-refractivity contribution < 1.29 is 5.11 Å². The molecule has 2 nitrogen and oxygen atoms in total. The minimum Gasteiger partial charge on any atom is -0.392 e. The molecule has 1 aliphatic rings. The van der Waals surface area contributed by atoms with Gasteiger partial charge in [0.1, 0.15) is 0 Å².